The smallest absolute Gasteiger partial charge is 0.255 e. The number of benzene rings is 1. The van der Waals surface area contributed by atoms with E-state index in [9.17, 15) is 0 Å². The Hall–Kier alpha value is -1.79. The summed E-state index contributed by atoms with van der Waals surface area (Å²) in [6.45, 7) is 1.90. The summed E-state index contributed by atoms with van der Waals surface area (Å²) in [5, 5.41) is 5.63. The van der Waals surface area contributed by atoms with Crippen LogP contribution >= 0.6 is 23.4 Å². The number of nitrogens with zero attached hydrogens (tertiary/aromatic N) is 4. The Morgan fingerprint density at radius 2 is 2.10 bits per heavy atom. The van der Waals surface area contributed by atoms with E-state index in [2.05, 4.69) is 15.1 Å². The first kappa shape index (κ1) is 13.2. The predicted octanol–water partition coefficient (Wildman–Crippen LogP) is 3.06. The van der Waals surface area contributed by atoms with E-state index in [1.807, 2.05) is 37.4 Å². The van der Waals surface area contributed by atoms with Crippen molar-refractivity contribution < 1.29 is 0 Å². The highest BCUT2D eigenvalue weighted by atomic mass is 35.5. The van der Waals surface area contributed by atoms with Gasteiger partial charge < -0.3 is 5.73 Å². The van der Waals surface area contributed by atoms with Crippen LogP contribution < -0.4 is 5.73 Å². The van der Waals surface area contributed by atoms with Gasteiger partial charge >= 0.3 is 0 Å². The Bertz CT molecular complexity index is 799. The van der Waals surface area contributed by atoms with E-state index >= 15 is 0 Å². The molecule has 2 N–H and O–H groups in total. The van der Waals surface area contributed by atoms with Gasteiger partial charge in [0, 0.05) is 10.6 Å². The average molecular weight is 306 g/mol. The predicted molar refractivity (Wildman–Crippen MR) is 82.2 cm³/mol. The Morgan fingerprint density at radius 1 is 1.30 bits per heavy atom. The highest BCUT2D eigenvalue weighted by molar-refractivity contribution is 7.98. The number of aromatic nitrogens is 4. The first-order chi connectivity index (χ1) is 9.60. The molecule has 7 heteroatoms. The quantitative estimate of drug-likeness (QED) is 0.737. The molecule has 0 saturated heterocycles. The second-order valence-electron chi connectivity index (χ2n) is 4.28. The molecule has 0 aliphatic heterocycles. The van der Waals surface area contributed by atoms with Gasteiger partial charge in [-0.05, 0) is 30.9 Å². The second kappa shape index (κ2) is 4.96. The molecule has 1 aromatic carbocycles. The molecule has 3 rings (SSSR count). The van der Waals surface area contributed by atoms with Gasteiger partial charge in [0.1, 0.15) is 5.82 Å². The van der Waals surface area contributed by atoms with Crippen molar-refractivity contribution in [2.24, 2.45) is 0 Å². The third-order valence-electron chi connectivity index (χ3n) is 2.98. The zero-order valence-electron chi connectivity index (χ0n) is 11.0. The fraction of sp³-hybridized carbons (Fsp3) is 0.154. The molecule has 2 heterocycles. The van der Waals surface area contributed by atoms with Gasteiger partial charge in [-0.25, -0.2) is 4.98 Å². The van der Waals surface area contributed by atoms with Crippen molar-refractivity contribution in [3.05, 3.63) is 35.0 Å². The maximum Gasteiger partial charge on any atom is 0.255 e. The zero-order valence-corrected chi connectivity index (χ0v) is 12.5. The van der Waals surface area contributed by atoms with Gasteiger partial charge in [0.15, 0.2) is 0 Å². The van der Waals surface area contributed by atoms with Gasteiger partial charge in [-0.15, -0.1) is 5.10 Å². The summed E-state index contributed by atoms with van der Waals surface area (Å²) in [6.07, 6.45) is 1.91. The van der Waals surface area contributed by atoms with E-state index in [1.54, 1.807) is 4.52 Å². The second-order valence-corrected chi connectivity index (χ2v) is 5.49. The fourth-order valence-corrected chi connectivity index (χ4v) is 2.63. The lowest BCUT2D eigenvalue weighted by molar-refractivity contribution is 0.888. The Morgan fingerprint density at radius 3 is 2.80 bits per heavy atom. The zero-order chi connectivity index (χ0) is 14.3. The molecular weight excluding hydrogens is 294 g/mol. The highest BCUT2D eigenvalue weighted by Gasteiger charge is 2.15. The van der Waals surface area contributed by atoms with Gasteiger partial charge in [-0.1, -0.05) is 35.5 Å². The number of fused-ring (bicyclic) bond motifs is 1. The molecule has 0 aliphatic carbocycles. The summed E-state index contributed by atoms with van der Waals surface area (Å²) < 4.78 is 1.56. The third kappa shape index (κ3) is 2.10. The summed E-state index contributed by atoms with van der Waals surface area (Å²) in [5.74, 6) is 1.03. The van der Waals surface area contributed by atoms with Crippen molar-refractivity contribution in [2.75, 3.05) is 12.0 Å². The topological polar surface area (TPSA) is 69.1 Å². The average Bonchev–Trinajstić information content (AvgIpc) is 2.82. The molecule has 102 valence electrons. The summed E-state index contributed by atoms with van der Waals surface area (Å²) in [5.41, 5.74) is 8.79. The van der Waals surface area contributed by atoms with Gasteiger partial charge in [0.25, 0.3) is 5.78 Å². The van der Waals surface area contributed by atoms with Crippen LogP contribution in [0.3, 0.4) is 0 Å². The van der Waals surface area contributed by atoms with Crippen LogP contribution in [0.4, 0.5) is 5.82 Å². The minimum absolute atomic E-state index is 0.509. The number of hydrogen-bond donors (Lipinski definition) is 1. The van der Waals surface area contributed by atoms with E-state index in [1.165, 1.54) is 11.8 Å². The molecular formula is C13H12ClN5S. The highest BCUT2D eigenvalue weighted by Crippen LogP contribution is 2.30. The van der Waals surface area contributed by atoms with E-state index in [-0.39, 0.29) is 0 Å². The molecule has 0 amide bonds. The normalized spacial score (nSPS) is 11.2. The van der Waals surface area contributed by atoms with Gasteiger partial charge in [0.05, 0.1) is 5.69 Å². The standard InChI is InChI=1S/C13H12ClN5S/c1-7-10(8-4-3-5-9(14)6-8)11(15)19-12(16-7)17-13(18-19)20-2/h3-6H,15H2,1-2H3. The van der Waals surface area contributed by atoms with Crippen LogP contribution in [0.25, 0.3) is 16.9 Å². The summed E-state index contributed by atoms with van der Waals surface area (Å²) in [4.78, 5) is 8.77. The molecule has 0 fully saturated rings. The van der Waals surface area contributed by atoms with Crippen molar-refractivity contribution in [3.63, 3.8) is 0 Å². The number of halogens is 1. The van der Waals surface area contributed by atoms with Crippen LogP contribution in [0.2, 0.25) is 5.02 Å². The van der Waals surface area contributed by atoms with Crippen LogP contribution in [0.5, 0.6) is 0 Å². The van der Waals surface area contributed by atoms with Gasteiger partial charge in [-0.2, -0.15) is 9.50 Å². The van der Waals surface area contributed by atoms with E-state index < -0.39 is 0 Å². The van der Waals surface area contributed by atoms with E-state index in [0.29, 0.717) is 21.8 Å². The van der Waals surface area contributed by atoms with Crippen LogP contribution in [-0.2, 0) is 0 Å². The number of aryl methyl sites for hydroxylation is 1. The lowest BCUT2D eigenvalue weighted by Crippen LogP contribution is -2.05. The van der Waals surface area contributed by atoms with Gasteiger partial charge in [-0.3, -0.25) is 0 Å². The largest absolute Gasteiger partial charge is 0.383 e. The molecule has 0 aliphatic rings. The SMILES string of the molecule is CSc1nc2nc(C)c(-c3cccc(Cl)c3)c(N)n2n1. The molecule has 20 heavy (non-hydrogen) atoms. The number of rotatable bonds is 2. The molecule has 5 nitrogen and oxygen atoms in total. The Labute approximate surface area is 125 Å². The molecule has 0 bridgehead atoms. The maximum atomic E-state index is 6.24. The molecule has 0 radical (unpaired) electrons. The van der Waals surface area contributed by atoms with E-state index in [0.717, 1.165) is 16.8 Å². The maximum absolute atomic E-state index is 6.24. The first-order valence-electron chi connectivity index (χ1n) is 5.93. The first-order valence-corrected chi connectivity index (χ1v) is 7.53. The van der Waals surface area contributed by atoms with Crippen molar-refractivity contribution in [1.29, 1.82) is 0 Å². The summed E-state index contributed by atoms with van der Waals surface area (Å²) in [6, 6.07) is 7.52. The molecule has 0 saturated carbocycles. The number of nitrogen functional groups attached to an aromatic ring is 1. The van der Waals surface area contributed by atoms with Crippen molar-refractivity contribution in [1.82, 2.24) is 19.6 Å². The number of anilines is 1. The molecule has 3 aromatic rings. The third-order valence-corrected chi connectivity index (χ3v) is 3.75. The molecule has 0 unspecified atom stereocenters. The van der Waals surface area contributed by atoms with Crippen LogP contribution in [0.15, 0.2) is 29.4 Å². The minimum Gasteiger partial charge on any atom is -0.383 e. The van der Waals surface area contributed by atoms with Crippen LogP contribution in [-0.4, -0.2) is 25.8 Å². The molecule has 0 spiro atoms. The van der Waals surface area contributed by atoms with Crippen LogP contribution in [0.1, 0.15) is 5.69 Å². The summed E-state index contributed by atoms with van der Waals surface area (Å²) >= 11 is 7.50. The lowest BCUT2D eigenvalue weighted by atomic mass is 10.1. The van der Waals surface area contributed by atoms with Crippen molar-refractivity contribution in [3.8, 4) is 11.1 Å². The monoisotopic (exact) mass is 305 g/mol. The number of nitrogens with two attached hydrogens (primary N) is 1. The van der Waals surface area contributed by atoms with Gasteiger partial charge in [0.2, 0.25) is 5.16 Å². The number of thioether (sulfide) groups is 1. The van der Waals surface area contributed by atoms with Crippen molar-refractivity contribution >= 4 is 35.0 Å². The van der Waals surface area contributed by atoms with E-state index in [4.69, 9.17) is 17.3 Å². The fourth-order valence-electron chi connectivity index (χ4n) is 2.10. The minimum atomic E-state index is 0.509. The molecule has 2 aromatic heterocycles. The van der Waals surface area contributed by atoms with Crippen LogP contribution in [0, 0.1) is 6.92 Å². The molecule has 0 atom stereocenters. The summed E-state index contributed by atoms with van der Waals surface area (Å²) in [7, 11) is 0. The Balaban J connectivity index is 2.30. The van der Waals surface area contributed by atoms with Crippen molar-refractivity contribution in [2.45, 2.75) is 12.1 Å². The Kier molecular flexibility index (Phi) is 3.27. The number of hydrogen-bond acceptors (Lipinski definition) is 5. The lowest BCUT2D eigenvalue weighted by Gasteiger charge is -2.10.